The van der Waals surface area contributed by atoms with Gasteiger partial charge < -0.3 is 10.3 Å². The van der Waals surface area contributed by atoms with Crippen LogP contribution in [-0.2, 0) is 12.8 Å². The molecule has 3 aromatic rings. The molecule has 0 saturated heterocycles. The lowest BCUT2D eigenvalue weighted by molar-refractivity contribution is 0.509. The van der Waals surface area contributed by atoms with Crippen molar-refractivity contribution in [3.63, 3.8) is 0 Å². The van der Waals surface area contributed by atoms with Crippen molar-refractivity contribution in [2.75, 3.05) is 5.32 Å². The van der Waals surface area contributed by atoms with Gasteiger partial charge in [0.15, 0.2) is 0 Å². The van der Waals surface area contributed by atoms with Gasteiger partial charge in [0.2, 0.25) is 0 Å². The predicted octanol–water partition coefficient (Wildman–Crippen LogP) is 5.41. The second-order valence-electron chi connectivity index (χ2n) is 8.13. The van der Waals surface area contributed by atoms with Gasteiger partial charge in [0, 0.05) is 10.6 Å². The van der Waals surface area contributed by atoms with Crippen LogP contribution in [0.1, 0.15) is 67.9 Å². The molecule has 0 saturated carbocycles. The number of aromatic amines is 1. The van der Waals surface area contributed by atoms with Crippen molar-refractivity contribution in [1.82, 2.24) is 9.97 Å². The number of nitrogens with one attached hydrogen (secondary N) is 2. The number of anilines is 1. The van der Waals surface area contributed by atoms with E-state index >= 15 is 0 Å². The van der Waals surface area contributed by atoms with Gasteiger partial charge in [-0.25, -0.2) is 4.98 Å². The fraction of sp³-hybridized carbons (Fsp3) is 0.455. The first-order chi connectivity index (χ1) is 12.9. The van der Waals surface area contributed by atoms with Gasteiger partial charge in [-0.15, -0.1) is 11.3 Å². The van der Waals surface area contributed by atoms with Crippen molar-refractivity contribution < 1.29 is 0 Å². The summed E-state index contributed by atoms with van der Waals surface area (Å²) in [5.74, 6) is 1.88. The Morgan fingerprint density at radius 2 is 2.11 bits per heavy atom. The van der Waals surface area contributed by atoms with Crippen molar-refractivity contribution in [3.8, 4) is 0 Å². The van der Waals surface area contributed by atoms with Gasteiger partial charge in [-0.2, -0.15) is 0 Å². The van der Waals surface area contributed by atoms with Crippen LogP contribution in [0.2, 0.25) is 0 Å². The number of H-pyrrole nitrogens is 1. The van der Waals surface area contributed by atoms with E-state index < -0.39 is 0 Å². The van der Waals surface area contributed by atoms with Gasteiger partial charge in [0.1, 0.15) is 10.7 Å². The van der Waals surface area contributed by atoms with Gasteiger partial charge in [0.25, 0.3) is 5.56 Å². The summed E-state index contributed by atoms with van der Waals surface area (Å²) in [4.78, 5) is 22.9. The van der Waals surface area contributed by atoms with Crippen LogP contribution in [0, 0.1) is 5.92 Å². The molecule has 2 aromatic heterocycles. The second kappa shape index (κ2) is 7.12. The van der Waals surface area contributed by atoms with E-state index in [1.54, 1.807) is 11.3 Å². The average molecular weight is 382 g/mol. The molecular weight excluding hydrogens is 354 g/mol. The summed E-state index contributed by atoms with van der Waals surface area (Å²) in [5, 5.41) is 4.31. The summed E-state index contributed by atoms with van der Waals surface area (Å²) in [7, 11) is 0. The minimum Gasteiger partial charge on any atom is -0.375 e. The normalized spacial score (nSPS) is 17.9. The number of rotatable bonds is 4. The average Bonchev–Trinajstić information content (AvgIpc) is 2.99. The molecule has 4 rings (SSSR count). The Balaban J connectivity index is 1.66. The zero-order valence-corrected chi connectivity index (χ0v) is 17.2. The summed E-state index contributed by atoms with van der Waals surface area (Å²) in [5.41, 5.74) is 3.59. The van der Waals surface area contributed by atoms with Gasteiger partial charge in [-0.3, -0.25) is 4.79 Å². The highest BCUT2D eigenvalue weighted by Crippen LogP contribution is 2.36. The minimum absolute atomic E-state index is 0.00614. The Bertz CT molecular complexity index is 1030. The Labute approximate surface area is 164 Å². The molecule has 0 aliphatic heterocycles. The molecule has 142 valence electrons. The topological polar surface area (TPSA) is 57.8 Å². The summed E-state index contributed by atoms with van der Waals surface area (Å²) < 4.78 is 0. The van der Waals surface area contributed by atoms with E-state index in [0.717, 1.165) is 35.2 Å². The van der Waals surface area contributed by atoms with E-state index in [2.05, 4.69) is 55.3 Å². The number of nitrogens with zero attached hydrogens (tertiary/aromatic N) is 1. The van der Waals surface area contributed by atoms with Crippen LogP contribution in [0.5, 0.6) is 0 Å². The van der Waals surface area contributed by atoms with Crippen molar-refractivity contribution in [2.24, 2.45) is 5.92 Å². The fourth-order valence-electron chi connectivity index (χ4n) is 3.88. The molecule has 0 amide bonds. The molecule has 5 heteroatoms. The van der Waals surface area contributed by atoms with Gasteiger partial charge in [0.05, 0.1) is 11.4 Å². The molecule has 0 fully saturated rings. The van der Waals surface area contributed by atoms with Crippen molar-refractivity contribution in [3.05, 3.63) is 56.4 Å². The molecular formula is C22H27N3OS. The van der Waals surface area contributed by atoms with E-state index in [-0.39, 0.29) is 11.6 Å². The fourth-order valence-corrected chi connectivity index (χ4v) is 5.27. The van der Waals surface area contributed by atoms with Crippen LogP contribution in [0.4, 0.5) is 5.69 Å². The molecule has 0 radical (unpaired) electrons. The van der Waals surface area contributed by atoms with Crippen LogP contribution in [0.15, 0.2) is 29.1 Å². The number of aryl methyl sites for hydroxylation is 1. The SMILES string of the molecule is CC(C)c1cccc(N[C@H](C)c2nc3sc4c(c3c(=O)[nH]2)CC[C@@H](C)C4)c1. The van der Waals surface area contributed by atoms with Gasteiger partial charge in [-0.1, -0.05) is 32.9 Å². The highest BCUT2D eigenvalue weighted by Gasteiger charge is 2.23. The molecule has 0 unspecified atom stereocenters. The first-order valence-electron chi connectivity index (χ1n) is 9.83. The molecule has 27 heavy (non-hydrogen) atoms. The number of aromatic nitrogens is 2. The summed E-state index contributed by atoms with van der Waals surface area (Å²) in [6.45, 7) is 8.71. The highest BCUT2D eigenvalue weighted by atomic mass is 32.1. The first kappa shape index (κ1) is 18.2. The Kier molecular flexibility index (Phi) is 4.81. The Morgan fingerprint density at radius 3 is 2.89 bits per heavy atom. The van der Waals surface area contributed by atoms with E-state index in [1.165, 1.54) is 16.0 Å². The molecule has 0 bridgehead atoms. The third-order valence-electron chi connectivity index (χ3n) is 5.53. The van der Waals surface area contributed by atoms with Crippen molar-refractivity contribution >= 4 is 27.2 Å². The number of thiophene rings is 1. The summed E-state index contributed by atoms with van der Waals surface area (Å²) in [6.07, 6.45) is 3.22. The van der Waals surface area contributed by atoms with Crippen molar-refractivity contribution in [1.29, 1.82) is 0 Å². The first-order valence-corrected chi connectivity index (χ1v) is 10.6. The third-order valence-corrected chi connectivity index (χ3v) is 6.68. The molecule has 4 nitrogen and oxygen atoms in total. The van der Waals surface area contributed by atoms with E-state index in [9.17, 15) is 4.79 Å². The maximum Gasteiger partial charge on any atom is 0.259 e. The summed E-state index contributed by atoms with van der Waals surface area (Å²) in [6, 6.07) is 8.37. The largest absolute Gasteiger partial charge is 0.375 e. The van der Waals surface area contributed by atoms with Crippen LogP contribution in [-0.4, -0.2) is 9.97 Å². The third kappa shape index (κ3) is 3.53. The predicted molar refractivity (Wildman–Crippen MR) is 114 cm³/mol. The highest BCUT2D eigenvalue weighted by molar-refractivity contribution is 7.18. The van der Waals surface area contributed by atoms with Crippen LogP contribution >= 0.6 is 11.3 Å². The maximum absolute atomic E-state index is 12.8. The molecule has 0 spiro atoms. The zero-order valence-electron chi connectivity index (χ0n) is 16.4. The van der Waals surface area contributed by atoms with Crippen LogP contribution < -0.4 is 10.9 Å². The molecule has 1 aliphatic carbocycles. The molecule has 2 N–H and O–H groups in total. The number of fused-ring (bicyclic) bond motifs is 3. The minimum atomic E-state index is -0.0671. The van der Waals surface area contributed by atoms with Crippen LogP contribution in [0.25, 0.3) is 10.2 Å². The number of hydrogen-bond acceptors (Lipinski definition) is 4. The maximum atomic E-state index is 12.8. The smallest absolute Gasteiger partial charge is 0.259 e. The molecule has 2 heterocycles. The molecule has 1 aliphatic rings. The van der Waals surface area contributed by atoms with Crippen molar-refractivity contribution in [2.45, 2.75) is 58.9 Å². The summed E-state index contributed by atoms with van der Waals surface area (Å²) >= 11 is 1.70. The molecule has 1 aromatic carbocycles. The second-order valence-corrected chi connectivity index (χ2v) is 9.21. The number of hydrogen-bond donors (Lipinski definition) is 2. The lowest BCUT2D eigenvalue weighted by Gasteiger charge is -2.17. The van der Waals surface area contributed by atoms with E-state index in [0.29, 0.717) is 17.7 Å². The number of benzene rings is 1. The Hall–Kier alpha value is -2.14. The quantitative estimate of drug-likeness (QED) is 0.635. The zero-order chi connectivity index (χ0) is 19.1. The van der Waals surface area contributed by atoms with Gasteiger partial charge >= 0.3 is 0 Å². The van der Waals surface area contributed by atoms with E-state index in [1.807, 2.05) is 6.92 Å². The standard InChI is InChI=1S/C22H27N3OS/c1-12(2)15-6-5-7-16(11-15)23-14(4)20-24-21(26)19-17-9-8-13(3)10-18(17)27-22(19)25-20/h5-7,11-14,23H,8-10H2,1-4H3,(H,24,25,26)/t13-,14-/m1/s1. The molecule has 2 atom stereocenters. The van der Waals surface area contributed by atoms with Crippen LogP contribution in [0.3, 0.4) is 0 Å². The lowest BCUT2D eigenvalue weighted by Crippen LogP contribution is -2.18. The Morgan fingerprint density at radius 1 is 1.30 bits per heavy atom. The monoisotopic (exact) mass is 381 g/mol. The van der Waals surface area contributed by atoms with Gasteiger partial charge in [-0.05, 0) is 61.3 Å². The lowest BCUT2D eigenvalue weighted by atomic mass is 9.89. The van der Waals surface area contributed by atoms with E-state index in [4.69, 9.17) is 4.98 Å².